The summed E-state index contributed by atoms with van der Waals surface area (Å²) in [5, 5.41) is 7.46. The van der Waals surface area contributed by atoms with Crippen LogP contribution in [0.25, 0.3) is 0 Å². The van der Waals surface area contributed by atoms with Crippen molar-refractivity contribution in [2.45, 2.75) is 52.0 Å². The number of likely N-dealkylation sites (tertiary alicyclic amines) is 1. The van der Waals surface area contributed by atoms with Gasteiger partial charge in [-0.05, 0) is 32.4 Å². The monoisotopic (exact) mass is 288 g/mol. The molecular formula is C16H24N4O. The van der Waals surface area contributed by atoms with E-state index in [0.29, 0.717) is 11.8 Å². The molecule has 0 unspecified atom stereocenters. The molecule has 0 aromatic carbocycles. The summed E-state index contributed by atoms with van der Waals surface area (Å²) in [7, 11) is 0. The molecule has 0 bridgehead atoms. The normalized spacial score (nSPS) is 20.3. The molecule has 1 N–H and O–H groups in total. The third-order valence-electron chi connectivity index (χ3n) is 4.15. The van der Waals surface area contributed by atoms with Crippen molar-refractivity contribution in [2.24, 2.45) is 0 Å². The van der Waals surface area contributed by atoms with Crippen molar-refractivity contribution in [3.05, 3.63) is 35.3 Å². The van der Waals surface area contributed by atoms with E-state index >= 15 is 0 Å². The average molecular weight is 288 g/mol. The highest BCUT2D eigenvalue weighted by Crippen LogP contribution is 2.27. The smallest absolute Gasteiger partial charge is 0.208 e. The van der Waals surface area contributed by atoms with Crippen LogP contribution in [0.15, 0.2) is 16.7 Å². The van der Waals surface area contributed by atoms with Crippen molar-refractivity contribution >= 4 is 0 Å². The van der Waals surface area contributed by atoms with Crippen LogP contribution >= 0.6 is 0 Å². The maximum Gasteiger partial charge on any atom is 0.208 e. The molecule has 114 valence electrons. The number of nitrogens with one attached hydrogen (secondary N) is 1. The largest absolute Gasteiger partial charge is 0.444 e. The zero-order valence-corrected chi connectivity index (χ0v) is 13.1. The van der Waals surface area contributed by atoms with Gasteiger partial charge in [0.2, 0.25) is 5.89 Å². The second-order valence-electron chi connectivity index (χ2n) is 6.36. The summed E-state index contributed by atoms with van der Waals surface area (Å²) in [5.41, 5.74) is 2.32. The fourth-order valence-corrected chi connectivity index (χ4v) is 2.94. The van der Waals surface area contributed by atoms with Gasteiger partial charge in [-0.25, -0.2) is 4.98 Å². The van der Waals surface area contributed by atoms with Gasteiger partial charge in [0.1, 0.15) is 5.76 Å². The first-order valence-electron chi connectivity index (χ1n) is 7.80. The lowest BCUT2D eigenvalue weighted by molar-refractivity contribution is 0.180. The first kappa shape index (κ1) is 14.3. The number of hydrogen-bond acceptors (Lipinski definition) is 4. The van der Waals surface area contributed by atoms with E-state index in [0.717, 1.165) is 37.0 Å². The van der Waals surface area contributed by atoms with E-state index in [4.69, 9.17) is 4.42 Å². The summed E-state index contributed by atoms with van der Waals surface area (Å²) in [6.07, 6.45) is 4.27. The Morgan fingerprint density at radius 1 is 1.48 bits per heavy atom. The van der Waals surface area contributed by atoms with Crippen LogP contribution in [0.1, 0.15) is 61.6 Å². The Bertz CT molecular complexity index is 587. The van der Waals surface area contributed by atoms with Crippen LogP contribution in [0.3, 0.4) is 0 Å². The molecule has 0 amide bonds. The van der Waals surface area contributed by atoms with Crippen molar-refractivity contribution in [3.63, 3.8) is 0 Å². The zero-order chi connectivity index (χ0) is 14.8. The first-order valence-corrected chi connectivity index (χ1v) is 7.80. The summed E-state index contributed by atoms with van der Waals surface area (Å²) in [6.45, 7) is 9.25. The SMILES string of the molecule is Cc1cc([C@@H]2CCCN(Cc3ncc(C(C)C)o3)C2)n[nH]1. The van der Waals surface area contributed by atoms with Gasteiger partial charge in [0.05, 0.1) is 18.4 Å². The molecule has 2 aromatic heterocycles. The van der Waals surface area contributed by atoms with Crippen LogP contribution in [-0.2, 0) is 6.54 Å². The Labute approximate surface area is 125 Å². The number of oxazole rings is 1. The summed E-state index contributed by atoms with van der Waals surface area (Å²) >= 11 is 0. The number of rotatable bonds is 4. The van der Waals surface area contributed by atoms with E-state index in [1.807, 2.05) is 6.20 Å². The predicted octanol–water partition coefficient (Wildman–Crippen LogP) is 3.21. The van der Waals surface area contributed by atoms with E-state index in [1.165, 1.54) is 18.5 Å². The molecular weight excluding hydrogens is 264 g/mol. The van der Waals surface area contributed by atoms with Gasteiger partial charge in [0.25, 0.3) is 0 Å². The van der Waals surface area contributed by atoms with Gasteiger partial charge in [0, 0.05) is 24.1 Å². The van der Waals surface area contributed by atoms with E-state index in [1.54, 1.807) is 0 Å². The number of nitrogens with zero attached hydrogens (tertiary/aromatic N) is 3. The molecule has 21 heavy (non-hydrogen) atoms. The lowest BCUT2D eigenvalue weighted by atomic mass is 9.95. The molecule has 0 saturated carbocycles. The number of aromatic nitrogens is 3. The fourth-order valence-electron chi connectivity index (χ4n) is 2.94. The number of H-pyrrole nitrogens is 1. The molecule has 0 radical (unpaired) electrons. The van der Waals surface area contributed by atoms with E-state index in [9.17, 15) is 0 Å². The van der Waals surface area contributed by atoms with E-state index in [-0.39, 0.29) is 0 Å². The number of aryl methyl sites for hydroxylation is 1. The second-order valence-corrected chi connectivity index (χ2v) is 6.36. The number of piperidine rings is 1. The Morgan fingerprint density at radius 2 is 2.33 bits per heavy atom. The van der Waals surface area contributed by atoms with Crippen molar-refractivity contribution in [3.8, 4) is 0 Å². The molecule has 5 nitrogen and oxygen atoms in total. The predicted molar refractivity (Wildman–Crippen MR) is 81.2 cm³/mol. The van der Waals surface area contributed by atoms with E-state index < -0.39 is 0 Å². The van der Waals surface area contributed by atoms with E-state index in [2.05, 4.69) is 46.9 Å². The van der Waals surface area contributed by atoms with Gasteiger partial charge < -0.3 is 4.42 Å². The van der Waals surface area contributed by atoms with Gasteiger partial charge in [0.15, 0.2) is 0 Å². The highest BCUT2D eigenvalue weighted by Gasteiger charge is 2.24. The highest BCUT2D eigenvalue weighted by molar-refractivity contribution is 5.13. The van der Waals surface area contributed by atoms with Crippen molar-refractivity contribution in [2.75, 3.05) is 13.1 Å². The van der Waals surface area contributed by atoms with Crippen LogP contribution in [0.5, 0.6) is 0 Å². The standard InChI is InChI=1S/C16H24N4O/c1-11(2)15-8-17-16(21-15)10-20-6-4-5-13(9-20)14-7-12(3)18-19-14/h7-8,11,13H,4-6,9-10H2,1-3H3,(H,18,19)/t13-/m1/s1. The average Bonchev–Trinajstić information content (AvgIpc) is 3.08. The topological polar surface area (TPSA) is 58.0 Å². The molecule has 0 spiro atoms. The van der Waals surface area contributed by atoms with Crippen LogP contribution in [0.2, 0.25) is 0 Å². The highest BCUT2D eigenvalue weighted by atomic mass is 16.4. The lowest BCUT2D eigenvalue weighted by Gasteiger charge is -2.30. The molecule has 1 aliphatic rings. The van der Waals surface area contributed by atoms with Crippen LogP contribution in [0, 0.1) is 6.92 Å². The fraction of sp³-hybridized carbons (Fsp3) is 0.625. The summed E-state index contributed by atoms with van der Waals surface area (Å²) in [4.78, 5) is 6.83. The van der Waals surface area contributed by atoms with Crippen LogP contribution in [0.4, 0.5) is 0 Å². The maximum atomic E-state index is 5.82. The Morgan fingerprint density at radius 3 is 3.00 bits per heavy atom. The first-order chi connectivity index (χ1) is 10.1. The minimum absolute atomic E-state index is 0.396. The van der Waals surface area contributed by atoms with Gasteiger partial charge in [-0.3, -0.25) is 10.00 Å². The minimum atomic E-state index is 0.396. The Hall–Kier alpha value is -1.62. The summed E-state index contributed by atoms with van der Waals surface area (Å²) < 4.78 is 5.82. The third kappa shape index (κ3) is 3.35. The molecule has 0 aliphatic carbocycles. The van der Waals surface area contributed by atoms with Gasteiger partial charge in [-0.1, -0.05) is 13.8 Å². The number of hydrogen-bond donors (Lipinski definition) is 1. The molecule has 1 saturated heterocycles. The minimum Gasteiger partial charge on any atom is -0.444 e. The van der Waals surface area contributed by atoms with Crippen molar-refractivity contribution < 1.29 is 4.42 Å². The molecule has 2 aromatic rings. The quantitative estimate of drug-likeness (QED) is 0.938. The molecule has 1 fully saturated rings. The third-order valence-corrected chi connectivity index (χ3v) is 4.15. The lowest BCUT2D eigenvalue weighted by Crippen LogP contribution is -2.34. The van der Waals surface area contributed by atoms with Crippen LogP contribution in [-0.4, -0.2) is 33.2 Å². The summed E-state index contributed by atoms with van der Waals surface area (Å²) in [6, 6.07) is 2.16. The second kappa shape index (κ2) is 6.02. The van der Waals surface area contributed by atoms with Crippen LogP contribution < -0.4 is 0 Å². The Balaban J connectivity index is 1.63. The molecule has 5 heteroatoms. The summed E-state index contributed by atoms with van der Waals surface area (Å²) in [5.74, 6) is 2.72. The molecule has 3 heterocycles. The van der Waals surface area contributed by atoms with Gasteiger partial charge >= 0.3 is 0 Å². The van der Waals surface area contributed by atoms with Crippen molar-refractivity contribution in [1.29, 1.82) is 0 Å². The number of aromatic amines is 1. The molecule has 1 aliphatic heterocycles. The van der Waals surface area contributed by atoms with Gasteiger partial charge in [-0.15, -0.1) is 0 Å². The maximum absolute atomic E-state index is 5.82. The molecule has 3 rings (SSSR count). The Kier molecular flexibility index (Phi) is 4.10. The van der Waals surface area contributed by atoms with Gasteiger partial charge in [-0.2, -0.15) is 5.10 Å². The molecule has 1 atom stereocenters. The zero-order valence-electron chi connectivity index (χ0n) is 13.1. The van der Waals surface area contributed by atoms with Crippen molar-refractivity contribution in [1.82, 2.24) is 20.1 Å².